The van der Waals surface area contributed by atoms with Gasteiger partial charge in [-0.3, -0.25) is 4.79 Å². The number of ketones is 1. The van der Waals surface area contributed by atoms with E-state index in [1.165, 1.54) is 17.7 Å². The fraction of sp³-hybridized carbons (Fsp3) is 0.200. The highest BCUT2D eigenvalue weighted by Crippen LogP contribution is 2.30. The van der Waals surface area contributed by atoms with E-state index in [1.807, 2.05) is 37.3 Å². The summed E-state index contributed by atoms with van der Waals surface area (Å²) in [5.74, 6) is -0.919. The Hall–Kier alpha value is -3.27. The van der Waals surface area contributed by atoms with Crippen LogP contribution in [-0.2, 0) is 6.42 Å². The van der Waals surface area contributed by atoms with Gasteiger partial charge in [-0.15, -0.1) is 0 Å². The van der Waals surface area contributed by atoms with Crippen molar-refractivity contribution in [2.24, 2.45) is 0 Å². The molecule has 1 aromatic heterocycles. The van der Waals surface area contributed by atoms with Crippen molar-refractivity contribution in [3.05, 3.63) is 83.8 Å². The molecule has 0 saturated heterocycles. The molecule has 0 aliphatic carbocycles. The maximum absolute atomic E-state index is 14.7. The lowest BCUT2D eigenvalue weighted by Crippen LogP contribution is -1.98. The predicted molar refractivity (Wildman–Crippen MR) is 114 cm³/mol. The van der Waals surface area contributed by atoms with Gasteiger partial charge in [-0.05, 0) is 55.2 Å². The second-order valence-electron chi connectivity index (χ2n) is 6.85. The van der Waals surface area contributed by atoms with Gasteiger partial charge in [0.15, 0.2) is 5.78 Å². The molecule has 2 aromatic carbocycles. The van der Waals surface area contributed by atoms with E-state index in [4.69, 9.17) is 0 Å². The molecule has 0 amide bonds. The number of rotatable bonds is 7. The van der Waals surface area contributed by atoms with E-state index >= 15 is 0 Å². The standard InChI is InChI=1S/C25H24FNO2/c1-3-5-6-7-17-8-10-18(11-9-17)22-15-14-20(25(26)27-22)19-12-13-21(23(28)4-2)24(29)16-19/h3,5,8-16,29H,4,6-7H2,1-2H3. The van der Waals surface area contributed by atoms with E-state index in [1.54, 1.807) is 25.1 Å². The van der Waals surface area contributed by atoms with Gasteiger partial charge in [0.05, 0.1) is 11.3 Å². The minimum Gasteiger partial charge on any atom is -0.507 e. The van der Waals surface area contributed by atoms with Crippen LogP contribution in [0.25, 0.3) is 22.4 Å². The van der Waals surface area contributed by atoms with Crippen LogP contribution >= 0.6 is 0 Å². The molecule has 0 fully saturated rings. The van der Waals surface area contributed by atoms with Crippen LogP contribution in [0.5, 0.6) is 5.75 Å². The molecule has 0 spiro atoms. The van der Waals surface area contributed by atoms with Crippen LogP contribution in [0.3, 0.4) is 0 Å². The molecule has 0 aliphatic heterocycles. The number of hydrogen-bond donors (Lipinski definition) is 1. The summed E-state index contributed by atoms with van der Waals surface area (Å²) in [6.07, 6.45) is 6.42. The summed E-state index contributed by atoms with van der Waals surface area (Å²) < 4.78 is 14.7. The Bertz CT molecular complexity index is 1040. The number of phenolic OH excluding ortho intramolecular Hbond substituents is 1. The number of halogens is 1. The summed E-state index contributed by atoms with van der Waals surface area (Å²) in [6, 6.07) is 15.9. The minimum atomic E-state index is -0.617. The fourth-order valence-electron chi connectivity index (χ4n) is 3.19. The number of aryl methyl sites for hydroxylation is 1. The zero-order valence-corrected chi connectivity index (χ0v) is 16.7. The third-order valence-corrected chi connectivity index (χ3v) is 4.86. The smallest absolute Gasteiger partial charge is 0.221 e. The molecule has 4 heteroatoms. The van der Waals surface area contributed by atoms with Crippen molar-refractivity contribution in [2.45, 2.75) is 33.1 Å². The molecule has 29 heavy (non-hydrogen) atoms. The SMILES string of the molecule is CC=CCCc1ccc(-c2ccc(-c3ccc(C(=O)CC)c(O)c3)c(F)n2)cc1. The van der Waals surface area contributed by atoms with Crippen molar-refractivity contribution >= 4 is 5.78 Å². The number of carbonyl (C=O) groups is 1. The number of pyridine rings is 1. The highest BCUT2D eigenvalue weighted by atomic mass is 19.1. The summed E-state index contributed by atoms with van der Waals surface area (Å²) in [5, 5.41) is 10.1. The minimum absolute atomic E-state index is 0.147. The lowest BCUT2D eigenvalue weighted by molar-refractivity contribution is 0.0985. The van der Waals surface area contributed by atoms with E-state index in [0.717, 1.165) is 18.4 Å². The van der Waals surface area contributed by atoms with Crippen molar-refractivity contribution in [3.8, 4) is 28.1 Å². The van der Waals surface area contributed by atoms with E-state index in [0.29, 0.717) is 17.7 Å². The third kappa shape index (κ3) is 4.77. The second-order valence-corrected chi connectivity index (χ2v) is 6.85. The maximum atomic E-state index is 14.7. The van der Waals surface area contributed by atoms with Crippen molar-refractivity contribution in [1.82, 2.24) is 4.98 Å². The van der Waals surface area contributed by atoms with Gasteiger partial charge < -0.3 is 5.11 Å². The van der Waals surface area contributed by atoms with Crippen molar-refractivity contribution in [3.63, 3.8) is 0 Å². The summed E-state index contributed by atoms with van der Waals surface area (Å²) in [5.41, 5.74) is 3.62. The Morgan fingerprint density at radius 1 is 1.07 bits per heavy atom. The van der Waals surface area contributed by atoms with Crippen molar-refractivity contribution in [2.75, 3.05) is 0 Å². The van der Waals surface area contributed by atoms with Crippen LogP contribution in [0.15, 0.2) is 66.7 Å². The van der Waals surface area contributed by atoms with Gasteiger partial charge in [0.1, 0.15) is 5.75 Å². The van der Waals surface area contributed by atoms with Crippen LogP contribution in [0.2, 0.25) is 0 Å². The first-order chi connectivity index (χ1) is 14.0. The number of phenols is 1. The van der Waals surface area contributed by atoms with Crippen LogP contribution in [-0.4, -0.2) is 15.9 Å². The Morgan fingerprint density at radius 3 is 2.41 bits per heavy atom. The monoisotopic (exact) mass is 389 g/mol. The lowest BCUT2D eigenvalue weighted by atomic mass is 10.0. The summed E-state index contributed by atoms with van der Waals surface area (Å²) >= 11 is 0. The molecule has 1 heterocycles. The Kier molecular flexibility index (Phi) is 6.55. The second kappa shape index (κ2) is 9.28. The summed E-state index contributed by atoms with van der Waals surface area (Å²) in [6.45, 7) is 3.74. The topological polar surface area (TPSA) is 50.2 Å². The van der Waals surface area contributed by atoms with Crippen LogP contribution in [0.4, 0.5) is 4.39 Å². The molecule has 0 bridgehead atoms. The molecule has 148 valence electrons. The van der Waals surface area contributed by atoms with E-state index < -0.39 is 5.95 Å². The van der Waals surface area contributed by atoms with Gasteiger partial charge in [0, 0.05) is 17.5 Å². The molecular formula is C25H24FNO2. The lowest BCUT2D eigenvalue weighted by Gasteiger charge is -2.09. The zero-order valence-electron chi connectivity index (χ0n) is 16.7. The molecule has 0 unspecified atom stereocenters. The molecule has 0 saturated carbocycles. The molecule has 3 rings (SSSR count). The highest BCUT2D eigenvalue weighted by molar-refractivity contribution is 5.99. The number of nitrogens with zero attached hydrogens (tertiary/aromatic N) is 1. The third-order valence-electron chi connectivity index (χ3n) is 4.86. The average Bonchev–Trinajstić information content (AvgIpc) is 2.74. The number of benzene rings is 2. The zero-order chi connectivity index (χ0) is 20.8. The Balaban J connectivity index is 1.83. The number of carbonyl (C=O) groups excluding carboxylic acids is 1. The Morgan fingerprint density at radius 2 is 1.79 bits per heavy atom. The molecule has 0 radical (unpaired) electrons. The first-order valence-corrected chi connectivity index (χ1v) is 9.77. The Labute approximate surface area is 170 Å². The van der Waals surface area contributed by atoms with Crippen LogP contribution < -0.4 is 0 Å². The molecular weight excluding hydrogens is 365 g/mol. The summed E-state index contributed by atoms with van der Waals surface area (Å²) in [4.78, 5) is 15.9. The normalized spacial score (nSPS) is 11.1. The fourth-order valence-corrected chi connectivity index (χ4v) is 3.19. The van der Waals surface area contributed by atoms with Crippen LogP contribution in [0.1, 0.15) is 42.6 Å². The molecule has 1 N–H and O–H groups in total. The number of aromatic hydroxyl groups is 1. The molecule has 3 aromatic rings. The molecule has 0 aliphatic rings. The predicted octanol–water partition coefficient (Wildman–Crippen LogP) is 6.36. The van der Waals surface area contributed by atoms with E-state index in [9.17, 15) is 14.3 Å². The average molecular weight is 389 g/mol. The molecule has 3 nitrogen and oxygen atoms in total. The number of hydrogen-bond acceptors (Lipinski definition) is 3. The largest absolute Gasteiger partial charge is 0.507 e. The number of aromatic nitrogens is 1. The van der Waals surface area contributed by atoms with Gasteiger partial charge in [0.25, 0.3) is 0 Å². The number of Topliss-reactive ketones (excluding diaryl/α,β-unsaturated/α-hetero) is 1. The maximum Gasteiger partial charge on any atom is 0.221 e. The quantitative estimate of drug-likeness (QED) is 0.290. The van der Waals surface area contributed by atoms with Gasteiger partial charge in [0.2, 0.25) is 5.95 Å². The van der Waals surface area contributed by atoms with Gasteiger partial charge in [-0.25, -0.2) is 4.98 Å². The van der Waals surface area contributed by atoms with E-state index in [2.05, 4.69) is 11.1 Å². The van der Waals surface area contributed by atoms with Gasteiger partial charge in [-0.2, -0.15) is 4.39 Å². The highest BCUT2D eigenvalue weighted by Gasteiger charge is 2.14. The first-order valence-electron chi connectivity index (χ1n) is 9.77. The van der Waals surface area contributed by atoms with Crippen molar-refractivity contribution < 1.29 is 14.3 Å². The summed E-state index contributed by atoms with van der Waals surface area (Å²) in [7, 11) is 0. The van der Waals surface area contributed by atoms with Gasteiger partial charge in [-0.1, -0.05) is 49.4 Å². The van der Waals surface area contributed by atoms with Gasteiger partial charge >= 0.3 is 0 Å². The van der Waals surface area contributed by atoms with Crippen molar-refractivity contribution in [1.29, 1.82) is 0 Å². The van der Waals surface area contributed by atoms with Crippen LogP contribution in [0, 0.1) is 5.95 Å². The number of allylic oxidation sites excluding steroid dienone is 2. The first kappa shape index (κ1) is 20.5. The molecule has 0 atom stereocenters. The van der Waals surface area contributed by atoms with E-state index in [-0.39, 0.29) is 22.7 Å².